The number of aromatic nitrogens is 4. The van der Waals surface area contributed by atoms with Crippen LogP contribution >= 0.6 is 0 Å². The summed E-state index contributed by atoms with van der Waals surface area (Å²) in [7, 11) is 0. The number of morpholine rings is 1. The quantitative estimate of drug-likeness (QED) is 0.689. The van der Waals surface area contributed by atoms with Crippen molar-refractivity contribution in [2.75, 3.05) is 26.2 Å². The van der Waals surface area contributed by atoms with E-state index in [0.717, 1.165) is 5.56 Å². The van der Waals surface area contributed by atoms with E-state index in [1.807, 2.05) is 42.5 Å². The summed E-state index contributed by atoms with van der Waals surface area (Å²) in [5, 5.41) is 10.9. The third-order valence-corrected chi connectivity index (χ3v) is 5.32. The van der Waals surface area contributed by atoms with Gasteiger partial charge in [-0.1, -0.05) is 42.5 Å². The largest absolute Gasteiger partial charge is 0.361 e. The number of amides is 2. The molecule has 0 bridgehead atoms. The first-order chi connectivity index (χ1) is 14.2. The van der Waals surface area contributed by atoms with E-state index in [1.165, 1.54) is 11.0 Å². The smallest absolute Gasteiger partial charge is 0.257 e. The Kier molecular flexibility index (Phi) is 5.66. The Bertz CT molecular complexity index is 870. The highest BCUT2D eigenvalue weighted by molar-refractivity contribution is 5.87. The molecule has 0 N–H and O–H groups in total. The molecule has 0 unspecified atom stereocenters. The topological polar surface area (TPSA) is 93.4 Å². The lowest BCUT2D eigenvalue weighted by Crippen LogP contribution is -2.60. The van der Waals surface area contributed by atoms with Crippen molar-refractivity contribution in [2.24, 2.45) is 0 Å². The number of rotatable bonds is 5. The molecule has 2 amide bonds. The maximum Gasteiger partial charge on any atom is 0.257 e. The van der Waals surface area contributed by atoms with Gasteiger partial charge in [-0.05, 0) is 16.0 Å². The van der Waals surface area contributed by atoms with E-state index in [9.17, 15) is 9.59 Å². The summed E-state index contributed by atoms with van der Waals surface area (Å²) in [5.41, 5.74) is 0.0429. The van der Waals surface area contributed by atoms with Gasteiger partial charge in [-0.15, -0.1) is 5.10 Å². The van der Waals surface area contributed by atoms with Gasteiger partial charge in [-0.3, -0.25) is 9.59 Å². The van der Waals surface area contributed by atoms with Gasteiger partial charge >= 0.3 is 0 Å². The molecule has 29 heavy (non-hydrogen) atoms. The second-order valence-corrected chi connectivity index (χ2v) is 7.33. The summed E-state index contributed by atoms with van der Waals surface area (Å²) < 4.78 is 7.55. The predicted molar refractivity (Wildman–Crippen MR) is 103 cm³/mol. The average molecular weight is 396 g/mol. The van der Waals surface area contributed by atoms with E-state index >= 15 is 0 Å². The molecule has 4 rings (SSSR count). The van der Waals surface area contributed by atoms with Crippen LogP contribution in [-0.2, 0) is 27.4 Å². The maximum absolute atomic E-state index is 13.4. The molecule has 2 aromatic rings. The summed E-state index contributed by atoms with van der Waals surface area (Å²) in [6, 6.07) is 9.89. The lowest BCUT2D eigenvalue weighted by atomic mass is 9.95. The van der Waals surface area contributed by atoms with Crippen LogP contribution in [-0.4, -0.2) is 73.7 Å². The van der Waals surface area contributed by atoms with Crippen LogP contribution in [0.4, 0.5) is 0 Å². The van der Waals surface area contributed by atoms with E-state index in [1.54, 1.807) is 9.80 Å². The highest BCUT2D eigenvalue weighted by Crippen LogP contribution is 2.28. The molecular formula is C20H24N6O3. The van der Waals surface area contributed by atoms with Gasteiger partial charge in [-0.25, -0.2) is 4.68 Å². The van der Waals surface area contributed by atoms with E-state index in [0.29, 0.717) is 39.2 Å². The second kappa shape index (κ2) is 8.52. The molecule has 1 aromatic carbocycles. The van der Waals surface area contributed by atoms with Crippen LogP contribution in [0.25, 0.3) is 0 Å². The molecule has 2 aliphatic heterocycles. The molecule has 3 heterocycles. The molecule has 1 saturated heterocycles. The van der Waals surface area contributed by atoms with E-state index in [4.69, 9.17) is 4.74 Å². The Balaban J connectivity index is 1.45. The molecule has 0 saturated carbocycles. The van der Waals surface area contributed by atoms with Crippen LogP contribution in [0.3, 0.4) is 0 Å². The molecular weight excluding hydrogens is 372 g/mol. The van der Waals surface area contributed by atoms with Crippen molar-refractivity contribution < 1.29 is 14.3 Å². The van der Waals surface area contributed by atoms with Gasteiger partial charge in [0, 0.05) is 32.5 Å². The molecule has 0 aliphatic carbocycles. The van der Waals surface area contributed by atoms with Gasteiger partial charge in [0.25, 0.3) is 5.91 Å². The second-order valence-electron chi connectivity index (χ2n) is 7.33. The SMILES string of the molecule is O=C(CCn1cnnn1)N1CCO[C@@]2(CC=CCN(Cc3ccccc3)C2=O)C1. The number of carbonyl (C=O) groups is 2. The Morgan fingerprint density at radius 2 is 2.07 bits per heavy atom. The predicted octanol–water partition coefficient (Wildman–Crippen LogP) is 0.650. The number of benzene rings is 1. The van der Waals surface area contributed by atoms with Crippen LogP contribution in [0.15, 0.2) is 48.8 Å². The minimum Gasteiger partial charge on any atom is -0.361 e. The monoisotopic (exact) mass is 396 g/mol. The van der Waals surface area contributed by atoms with Crippen LogP contribution in [0.5, 0.6) is 0 Å². The molecule has 1 atom stereocenters. The number of nitrogens with zero attached hydrogens (tertiary/aromatic N) is 6. The van der Waals surface area contributed by atoms with E-state index in [-0.39, 0.29) is 24.8 Å². The molecule has 9 nitrogen and oxygen atoms in total. The summed E-state index contributed by atoms with van der Waals surface area (Å²) in [4.78, 5) is 29.7. The third kappa shape index (κ3) is 4.34. The number of hydrogen-bond donors (Lipinski definition) is 0. The van der Waals surface area contributed by atoms with E-state index < -0.39 is 5.60 Å². The normalized spacial score (nSPS) is 22.1. The van der Waals surface area contributed by atoms with Crippen LogP contribution in [0.1, 0.15) is 18.4 Å². The summed E-state index contributed by atoms with van der Waals surface area (Å²) in [6.07, 6.45) is 6.21. The first-order valence-corrected chi connectivity index (χ1v) is 9.77. The summed E-state index contributed by atoms with van der Waals surface area (Å²) >= 11 is 0. The van der Waals surface area contributed by atoms with E-state index in [2.05, 4.69) is 15.5 Å². The zero-order chi connectivity index (χ0) is 20.1. The van der Waals surface area contributed by atoms with Crippen LogP contribution in [0.2, 0.25) is 0 Å². The molecule has 1 aromatic heterocycles. The van der Waals surface area contributed by atoms with Gasteiger partial charge < -0.3 is 14.5 Å². The summed E-state index contributed by atoms with van der Waals surface area (Å²) in [5.74, 6) is -0.0943. The Labute approximate surface area is 168 Å². The van der Waals surface area contributed by atoms with Crippen molar-refractivity contribution in [2.45, 2.75) is 31.5 Å². The fourth-order valence-electron chi connectivity index (χ4n) is 3.77. The van der Waals surface area contributed by atoms with Crippen molar-refractivity contribution in [1.29, 1.82) is 0 Å². The molecule has 0 radical (unpaired) electrons. The highest BCUT2D eigenvalue weighted by Gasteiger charge is 2.46. The number of ether oxygens (including phenoxy) is 1. The third-order valence-electron chi connectivity index (χ3n) is 5.32. The standard InChI is InChI=1S/C20H24N6O3/c27-18(8-11-26-16-21-22-23-26)25-12-13-29-20(15-25)9-4-5-10-24(19(20)28)14-17-6-2-1-3-7-17/h1-7,16H,8-15H2/t20-/m0/s1. The first-order valence-electron chi connectivity index (χ1n) is 9.77. The van der Waals surface area contributed by atoms with Gasteiger partial charge in [0.05, 0.1) is 19.7 Å². The van der Waals surface area contributed by atoms with Gasteiger partial charge in [0.2, 0.25) is 5.91 Å². The minimum absolute atomic E-state index is 0.0289. The number of carbonyl (C=O) groups excluding carboxylic acids is 2. The van der Waals surface area contributed by atoms with Crippen molar-refractivity contribution in [3.8, 4) is 0 Å². The first kappa shape index (κ1) is 19.3. The molecule has 152 valence electrons. The van der Waals surface area contributed by atoms with Crippen molar-refractivity contribution in [1.82, 2.24) is 30.0 Å². The van der Waals surface area contributed by atoms with Gasteiger partial charge in [-0.2, -0.15) is 0 Å². The molecule has 2 aliphatic rings. The van der Waals surface area contributed by atoms with Gasteiger partial charge in [0.15, 0.2) is 5.60 Å². The summed E-state index contributed by atoms with van der Waals surface area (Å²) in [6.45, 7) is 2.54. The van der Waals surface area contributed by atoms with Crippen molar-refractivity contribution >= 4 is 11.8 Å². The van der Waals surface area contributed by atoms with Crippen molar-refractivity contribution in [3.05, 3.63) is 54.4 Å². The fourth-order valence-corrected chi connectivity index (χ4v) is 3.77. The minimum atomic E-state index is -1.02. The molecule has 1 fully saturated rings. The van der Waals surface area contributed by atoms with Gasteiger partial charge in [0.1, 0.15) is 6.33 Å². The molecule has 9 heteroatoms. The zero-order valence-electron chi connectivity index (χ0n) is 16.2. The number of hydrogen-bond acceptors (Lipinski definition) is 6. The number of aryl methyl sites for hydroxylation is 1. The van der Waals surface area contributed by atoms with Crippen LogP contribution < -0.4 is 0 Å². The average Bonchev–Trinajstić information content (AvgIpc) is 3.24. The zero-order valence-corrected chi connectivity index (χ0v) is 16.2. The highest BCUT2D eigenvalue weighted by atomic mass is 16.5. The number of tetrazole rings is 1. The Morgan fingerprint density at radius 1 is 1.21 bits per heavy atom. The Hall–Kier alpha value is -3.07. The lowest BCUT2D eigenvalue weighted by molar-refractivity contribution is -0.173. The van der Waals surface area contributed by atoms with Crippen LogP contribution in [0, 0.1) is 0 Å². The fraction of sp³-hybridized carbons (Fsp3) is 0.450. The van der Waals surface area contributed by atoms with Crippen molar-refractivity contribution in [3.63, 3.8) is 0 Å². The lowest BCUT2D eigenvalue weighted by Gasteiger charge is -2.42. The molecule has 1 spiro atoms. The maximum atomic E-state index is 13.4. The Morgan fingerprint density at radius 3 is 2.86 bits per heavy atom.